The van der Waals surface area contributed by atoms with Gasteiger partial charge in [-0.1, -0.05) is 6.07 Å². The Bertz CT molecular complexity index is 781. The topological polar surface area (TPSA) is 72.3 Å². The van der Waals surface area contributed by atoms with Gasteiger partial charge in [-0.2, -0.15) is 0 Å². The van der Waals surface area contributed by atoms with Crippen molar-refractivity contribution in [3.63, 3.8) is 0 Å². The third-order valence-electron chi connectivity index (χ3n) is 2.80. The molecule has 0 radical (unpaired) electrons. The fraction of sp³-hybridized carbons (Fsp3) is 0. The molecule has 2 aromatic heterocycles. The Morgan fingerprint density at radius 3 is 2.80 bits per heavy atom. The quantitative estimate of drug-likeness (QED) is 0.788. The molecule has 5 heteroatoms. The second kappa shape index (κ2) is 4.97. The molecular weight excluding hydrogens is 256 g/mol. The maximum Gasteiger partial charge on any atom is 0.335 e. The molecule has 3 aromatic rings. The van der Waals surface area contributed by atoms with Crippen LogP contribution < -0.4 is 4.74 Å². The van der Waals surface area contributed by atoms with Crippen LogP contribution in [0.3, 0.4) is 0 Å². The summed E-state index contributed by atoms with van der Waals surface area (Å²) in [6.07, 6.45) is 3.11. The molecule has 0 aliphatic heterocycles. The van der Waals surface area contributed by atoms with E-state index < -0.39 is 5.97 Å². The summed E-state index contributed by atoms with van der Waals surface area (Å²) in [5, 5.41) is 9.80. The molecule has 0 saturated carbocycles. The van der Waals surface area contributed by atoms with Crippen LogP contribution in [0.15, 0.2) is 54.9 Å². The summed E-state index contributed by atoms with van der Waals surface area (Å²) in [5.41, 5.74) is 0.938. The van der Waals surface area contributed by atoms with Gasteiger partial charge in [-0.25, -0.2) is 9.78 Å². The van der Waals surface area contributed by atoms with Crippen molar-refractivity contribution in [3.8, 4) is 11.6 Å². The lowest BCUT2D eigenvalue weighted by Gasteiger charge is -2.07. The predicted molar refractivity (Wildman–Crippen MR) is 73.0 cm³/mol. The van der Waals surface area contributed by atoms with Gasteiger partial charge in [0.25, 0.3) is 0 Å². The summed E-state index contributed by atoms with van der Waals surface area (Å²) in [7, 11) is 0. The van der Waals surface area contributed by atoms with Gasteiger partial charge < -0.3 is 9.84 Å². The molecule has 98 valence electrons. The predicted octanol–water partition coefficient (Wildman–Crippen LogP) is 3.12. The Labute approximate surface area is 114 Å². The Balaban J connectivity index is 2.01. The van der Waals surface area contributed by atoms with Crippen LogP contribution >= 0.6 is 0 Å². The van der Waals surface area contributed by atoms with Gasteiger partial charge >= 0.3 is 5.97 Å². The lowest BCUT2D eigenvalue weighted by Crippen LogP contribution is -1.97. The van der Waals surface area contributed by atoms with Crippen molar-refractivity contribution >= 4 is 16.9 Å². The van der Waals surface area contributed by atoms with Crippen LogP contribution in [0.4, 0.5) is 0 Å². The lowest BCUT2D eigenvalue weighted by molar-refractivity contribution is 0.0696. The second-order valence-corrected chi connectivity index (χ2v) is 4.12. The summed E-state index contributed by atoms with van der Waals surface area (Å²) in [6, 6.07) is 12.0. The number of benzene rings is 1. The Hall–Kier alpha value is -2.95. The van der Waals surface area contributed by atoms with Gasteiger partial charge in [0, 0.05) is 23.8 Å². The smallest absolute Gasteiger partial charge is 0.335 e. The number of hydrogen-bond acceptors (Lipinski definition) is 4. The van der Waals surface area contributed by atoms with E-state index in [4.69, 9.17) is 9.84 Å². The van der Waals surface area contributed by atoms with Crippen LogP contribution in [0, 0.1) is 0 Å². The molecule has 0 spiro atoms. The minimum Gasteiger partial charge on any atom is -0.478 e. The molecule has 2 heterocycles. The third-order valence-corrected chi connectivity index (χ3v) is 2.80. The van der Waals surface area contributed by atoms with Crippen LogP contribution in [0.25, 0.3) is 10.9 Å². The summed E-state index contributed by atoms with van der Waals surface area (Å²) >= 11 is 0. The zero-order valence-corrected chi connectivity index (χ0v) is 10.4. The molecule has 0 atom stereocenters. The van der Waals surface area contributed by atoms with Crippen LogP contribution in [0.2, 0.25) is 0 Å². The van der Waals surface area contributed by atoms with Gasteiger partial charge in [0.2, 0.25) is 5.88 Å². The molecule has 20 heavy (non-hydrogen) atoms. The van der Waals surface area contributed by atoms with Gasteiger partial charge in [-0.3, -0.25) is 4.98 Å². The van der Waals surface area contributed by atoms with Crippen molar-refractivity contribution in [1.82, 2.24) is 9.97 Å². The number of fused-ring (bicyclic) bond motifs is 1. The SMILES string of the molecule is O=C(O)c1ccnc(Oc2cccc3ncccc23)c1. The van der Waals surface area contributed by atoms with Crippen molar-refractivity contribution in [2.45, 2.75) is 0 Å². The number of hydrogen-bond donors (Lipinski definition) is 1. The molecule has 0 aliphatic carbocycles. The normalized spacial score (nSPS) is 10.4. The second-order valence-electron chi connectivity index (χ2n) is 4.12. The maximum absolute atomic E-state index is 10.9. The largest absolute Gasteiger partial charge is 0.478 e. The van der Waals surface area contributed by atoms with Gasteiger partial charge in [0.15, 0.2) is 0 Å². The first kappa shape index (κ1) is 12.1. The number of ether oxygens (including phenoxy) is 1. The average Bonchev–Trinajstić information content (AvgIpc) is 2.48. The van der Waals surface area contributed by atoms with Gasteiger partial charge in [-0.05, 0) is 30.3 Å². The maximum atomic E-state index is 10.9. The van der Waals surface area contributed by atoms with Crippen molar-refractivity contribution in [3.05, 3.63) is 60.4 Å². The molecule has 1 N–H and O–H groups in total. The van der Waals surface area contributed by atoms with E-state index >= 15 is 0 Å². The number of rotatable bonds is 3. The monoisotopic (exact) mass is 266 g/mol. The molecular formula is C15H10N2O3. The van der Waals surface area contributed by atoms with E-state index in [-0.39, 0.29) is 11.4 Å². The van der Waals surface area contributed by atoms with Crippen LogP contribution in [-0.4, -0.2) is 21.0 Å². The van der Waals surface area contributed by atoms with Crippen molar-refractivity contribution in [2.75, 3.05) is 0 Å². The van der Waals surface area contributed by atoms with E-state index in [0.717, 1.165) is 10.9 Å². The highest BCUT2D eigenvalue weighted by Crippen LogP contribution is 2.27. The first-order chi connectivity index (χ1) is 9.74. The van der Waals surface area contributed by atoms with Gasteiger partial charge in [0.05, 0.1) is 11.1 Å². The molecule has 0 aliphatic rings. The van der Waals surface area contributed by atoms with E-state index in [1.165, 1.54) is 18.3 Å². The molecule has 3 rings (SSSR count). The fourth-order valence-corrected chi connectivity index (χ4v) is 1.88. The van der Waals surface area contributed by atoms with Crippen molar-refractivity contribution < 1.29 is 14.6 Å². The number of aromatic nitrogens is 2. The van der Waals surface area contributed by atoms with E-state index in [9.17, 15) is 4.79 Å². The molecule has 0 bridgehead atoms. The Morgan fingerprint density at radius 2 is 1.95 bits per heavy atom. The van der Waals surface area contributed by atoms with E-state index in [1.54, 1.807) is 12.3 Å². The zero-order valence-electron chi connectivity index (χ0n) is 10.4. The number of nitrogens with zero attached hydrogens (tertiary/aromatic N) is 2. The Kier molecular flexibility index (Phi) is 3.01. The minimum absolute atomic E-state index is 0.133. The standard InChI is InChI=1S/C15H10N2O3/c18-15(19)10-6-8-17-14(9-10)20-13-5-1-4-12-11(13)3-2-7-16-12/h1-9H,(H,18,19). The summed E-state index contributed by atoms with van der Waals surface area (Å²) in [4.78, 5) is 19.2. The van der Waals surface area contributed by atoms with Gasteiger partial charge in [0.1, 0.15) is 5.75 Å². The number of carboxylic acids is 1. The molecule has 0 amide bonds. The first-order valence-electron chi connectivity index (χ1n) is 5.95. The zero-order chi connectivity index (χ0) is 13.9. The first-order valence-corrected chi connectivity index (χ1v) is 5.95. The van der Waals surface area contributed by atoms with E-state index in [0.29, 0.717) is 5.75 Å². The van der Waals surface area contributed by atoms with Crippen LogP contribution in [0.5, 0.6) is 11.6 Å². The highest BCUT2D eigenvalue weighted by molar-refractivity contribution is 5.88. The van der Waals surface area contributed by atoms with Crippen molar-refractivity contribution in [1.29, 1.82) is 0 Å². The Morgan fingerprint density at radius 1 is 1.05 bits per heavy atom. The fourth-order valence-electron chi connectivity index (χ4n) is 1.88. The van der Waals surface area contributed by atoms with E-state index in [2.05, 4.69) is 9.97 Å². The highest BCUT2D eigenvalue weighted by Gasteiger charge is 2.08. The molecule has 0 fully saturated rings. The van der Waals surface area contributed by atoms with Gasteiger partial charge in [-0.15, -0.1) is 0 Å². The number of carboxylic acid groups (broad SMARTS) is 1. The third kappa shape index (κ3) is 2.29. The van der Waals surface area contributed by atoms with E-state index in [1.807, 2.05) is 24.3 Å². The number of pyridine rings is 2. The highest BCUT2D eigenvalue weighted by atomic mass is 16.5. The summed E-state index contributed by atoms with van der Waals surface area (Å²) in [6.45, 7) is 0. The van der Waals surface area contributed by atoms with Crippen LogP contribution in [0.1, 0.15) is 10.4 Å². The number of aromatic carboxylic acids is 1. The minimum atomic E-state index is -1.02. The lowest BCUT2D eigenvalue weighted by atomic mass is 10.2. The van der Waals surface area contributed by atoms with Crippen LogP contribution in [-0.2, 0) is 0 Å². The average molecular weight is 266 g/mol. The summed E-state index contributed by atoms with van der Waals surface area (Å²) in [5.74, 6) is -0.191. The summed E-state index contributed by atoms with van der Waals surface area (Å²) < 4.78 is 5.67. The molecule has 1 aromatic carbocycles. The van der Waals surface area contributed by atoms with Crippen molar-refractivity contribution in [2.24, 2.45) is 0 Å². The molecule has 5 nitrogen and oxygen atoms in total. The number of carbonyl (C=O) groups is 1. The molecule has 0 saturated heterocycles. The molecule has 0 unspecified atom stereocenters.